The lowest BCUT2D eigenvalue weighted by Crippen LogP contribution is -2.13. The summed E-state index contributed by atoms with van der Waals surface area (Å²) in [5.41, 5.74) is 5.06. The third-order valence-corrected chi connectivity index (χ3v) is 4.52. The standard InChI is InChI=1S/C18H19N5O/c1-11-17(12(2)23(22-11)14-6-4-3-5-7-14)15-10-20-18(21-15)13-8-16(24)19-9-13/h3-7,10,13H,8-9H2,1-2H3,(H,19,24)(H,20,21). The maximum atomic E-state index is 11.4. The highest BCUT2D eigenvalue weighted by Crippen LogP contribution is 2.29. The molecule has 4 rings (SSSR count). The molecule has 2 aromatic heterocycles. The van der Waals surface area contributed by atoms with Crippen LogP contribution >= 0.6 is 0 Å². The van der Waals surface area contributed by atoms with E-state index in [4.69, 9.17) is 0 Å². The van der Waals surface area contributed by atoms with Gasteiger partial charge in [-0.3, -0.25) is 4.79 Å². The zero-order valence-corrected chi connectivity index (χ0v) is 13.7. The van der Waals surface area contributed by atoms with Crippen molar-refractivity contribution in [2.24, 2.45) is 0 Å². The van der Waals surface area contributed by atoms with Gasteiger partial charge in [0, 0.05) is 24.4 Å². The van der Waals surface area contributed by atoms with E-state index < -0.39 is 0 Å². The van der Waals surface area contributed by atoms with Gasteiger partial charge in [0.15, 0.2) is 0 Å². The fraction of sp³-hybridized carbons (Fsp3) is 0.278. The molecule has 1 unspecified atom stereocenters. The van der Waals surface area contributed by atoms with Crippen molar-refractivity contribution in [3.63, 3.8) is 0 Å². The van der Waals surface area contributed by atoms with Gasteiger partial charge in [-0.25, -0.2) is 9.67 Å². The van der Waals surface area contributed by atoms with Gasteiger partial charge in [0.25, 0.3) is 0 Å². The SMILES string of the molecule is Cc1nn(-c2ccccc2)c(C)c1-c1cnc(C2CNC(=O)C2)[nH]1. The molecule has 1 atom stereocenters. The molecule has 3 aromatic rings. The number of H-pyrrole nitrogens is 1. The van der Waals surface area contributed by atoms with Crippen molar-refractivity contribution >= 4 is 5.91 Å². The van der Waals surface area contributed by atoms with Crippen LogP contribution in [0.2, 0.25) is 0 Å². The number of aryl methyl sites for hydroxylation is 1. The Hall–Kier alpha value is -2.89. The Kier molecular flexibility index (Phi) is 3.45. The van der Waals surface area contributed by atoms with E-state index in [1.807, 2.05) is 48.1 Å². The van der Waals surface area contributed by atoms with Crippen LogP contribution in [0.25, 0.3) is 16.9 Å². The molecule has 0 bridgehead atoms. The molecule has 1 aliphatic heterocycles. The summed E-state index contributed by atoms with van der Waals surface area (Å²) in [6, 6.07) is 10.1. The van der Waals surface area contributed by atoms with Gasteiger partial charge < -0.3 is 10.3 Å². The highest BCUT2D eigenvalue weighted by molar-refractivity contribution is 5.79. The predicted molar refractivity (Wildman–Crippen MR) is 91.0 cm³/mol. The number of hydrogen-bond donors (Lipinski definition) is 2. The molecule has 3 heterocycles. The van der Waals surface area contributed by atoms with Crippen molar-refractivity contribution in [1.82, 2.24) is 25.1 Å². The summed E-state index contributed by atoms with van der Waals surface area (Å²) >= 11 is 0. The first-order chi connectivity index (χ1) is 11.6. The van der Waals surface area contributed by atoms with Crippen LogP contribution in [0, 0.1) is 13.8 Å². The second kappa shape index (κ2) is 5.63. The van der Waals surface area contributed by atoms with Gasteiger partial charge in [-0.2, -0.15) is 5.10 Å². The molecule has 1 saturated heterocycles. The second-order valence-electron chi connectivity index (χ2n) is 6.18. The van der Waals surface area contributed by atoms with Crippen LogP contribution in [0.4, 0.5) is 0 Å². The van der Waals surface area contributed by atoms with E-state index in [1.165, 1.54) is 0 Å². The third kappa shape index (κ3) is 2.40. The van der Waals surface area contributed by atoms with E-state index in [0.717, 1.165) is 34.2 Å². The minimum Gasteiger partial charge on any atom is -0.355 e. The molecular weight excluding hydrogens is 302 g/mol. The third-order valence-electron chi connectivity index (χ3n) is 4.52. The number of benzene rings is 1. The lowest BCUT2D eigenvalue weighted by atomic mass is 10.1. The van der Waals surface area contributed by atoms with Crippen LogP contribution in [-0.4, -0.2) is 32.2 Å². The summed E-state index contributed by atoms with van der Waals surface area (Å²) in [7, 11) is 0. The minimum absolute atomic E-state index is 0.0854. The number of nitrogens with one attached hydrogen (secondary N) is 2. The van der Waals surface area contributed by atoms with E-state index in [9.17, 15) is 4.79 Å². The maximum Gasteiger partial charge on any atom is 0.220 e. The average molecular weight is 321 g/mol. The molecule has 2 N–H and O–H groups in total. The quantitative estimate of drug-likeness (QED) is 0.778. The number of aromatic amines is 1. The van der Waals surface area contributed by atoms with Gasteiger partial charge in [0.1, 0.15) is 5.82 Å². The van der Waals surface area contributed by atoms with Gasteiger partial charge in [0.2, 0.25) is 5.91 Å². The van der Waals surface area contributed by atoms with Crippen LogP contribution in [0.3, 0.4) is 0 Å². The van der Waals surface area contributed by atoms with Crippen LogP contribution in [0.15, 0.2) is 36.5 Å². The molecule has 24 heavy (non-hydrogen) atoms. The summed E-state index contributed by atoms with van der Waals surface area (Å²) in [5, 5.41) is 7.53. The number of amides is 1. The molecule has 122 valence electrons. The summed E-state index contributed by atoms with van der Waals surface area (Å²) in [6.45, 7) is 4.71. The van der Waals surface area contributed by atoms with Gasteiger partial charge >= 0.3 is 0 Å². The number of imidazole rings is 1. The van der Waals surface area contributed by atoms with Gasteiger partial charge in [-0.05, 0) is 26.0 Å². The minimum atomic E-state index is 0.0854. The summed E-state index contributed by atoms with van der Waals surface area (Å²) in [6.07, 6.45) is 2.33. The molecule has 0 saturated carbocycles. The van der Waals surface area contributed by atoms with Crippen molar-refractivity contribution < 1.29 is 4.79 Å². The van der Waals surface area contributed by atoms with Crippen LogP contribution < -0.4 is 5.32 Å². The highest BCUT2D eigenvalue weighted by Gasteiger charge is 2.26. The predicted octanol–water partition coefficient (Wildman–Crippen LogP) is 2.48. The van der Waals surface area contributed by atoms with Crippen molar-refractivity contribution in [3.05, 3.63) is 53.7 Å². The van der Waals surface area contributed by atoms with Gasteiger partial charge in [-0.1, -0.05) is 18.2 Å². The van der Waals surface area contributed by atoms with E-state index in [-0.39, 0.29) is 11.8 Å². The topological polar surface area (TPSA) is 75.6 Å². The monoisotopic (exact) mass is 321 g/mol. The largest absolute Gasteiger partial charge is 0.355 e. The number of rotatable bonds is 3. The maximum absolute atomic E-state index is 11.4. The van der Waals surface area contributed by atoms with E-state index >= 15 is 0 Å². The first kappa shape index (κ1) is 14.7. The molecule has 1 fully saturated rings. The van der Waals surface area contributed by atoms with Crippen molar-refractivity contribution in [1.29, 1.82) is 0 Å². The highest BCUT2D eigenvalue weighted by atomic mass is 16.1. The molecule has 1 aromatic carbocycles. The number of carbonyl (C=O) groups excluding carboxylic acids is 1. The van der Waals surface area contributed by atoms with E-state index in [0.29, 0.717) is 13.0 Å². The first-order valence-corrected chi connectivity index (χ1v) is 8.07. The van der Waals surface area contributed by atoms with Gasteiger partial charge in [-0.15, -0.1) is 0 Å². The van der Waals surface area contributed by atoms with E-state index in [2.05, 4.69) is 27.3 Å². The molecule has 1 aliphatic rings. The molecular formula is C18H19N5O. The fourth-order valence-electron chi connectivity index (χ4n) is 3.32. The van der Waals surface area contributed by atoms with Crippen LogP contribution in [0.5, 0.6) is 0 Å². The summed E-state index contributed by atoms with van der Waals surface area (Å²) < 4.78 is 1.95. The van der Waals surface area contributed by atoms with Crippen molar-refractivity contribution in [2.45, 2.75) is 26.2 Å². The number of aromatic nitrogens is 4. The first-order valence-electron chi connectivity index (χ1n) is 8.07. The summed E-state index contributed by atoms with van der Waals surface area (Å²) in [5.74, 6) is 1.06. The Morgan fingerprint density at radius 2 is 2.00 bits per heavy atom. The number of nitrogens with zero attached hydrogens (tertiary/aromatic N) is 3. The van der Waals surface area contributed by atoms with Crippen molar-refractivity contribution in [2.75, 3.05) is 6.54 Å². The van der Waals surface area contributed by atoms with Crippen molar-refractivity contribution in [3.8, 4) is 16.9 Å². The number of carbonyl (C=O) groups is 1. The molecule has 0 aliphatic carbocycles. The zero-order valence-electron chi connectivity index (χ0n) is 13.7. The Labute approximate surface area is 139 Å². The second-order valence-corrected chi connectivity index (χ2v) is 6.18. The van der Waals surface area contributed by atoms with E-state index in [1.54, 1.807) is 0 Å². The lowest BCUT2D eigenvalue weighted by molar-refractivity contribution is -0.119. The van der Waals surface area contributed by atoms with Crippen LogP contribution in [-0.2, 0) is 4.79 Å². The zero-order chi connectivity index (χ0) is 16.7. The smallest absolute Gasteiger partial charge is 0.220 e. The fourth-order valence-corrected chi connectivity index (χ4v) is 3.32. The van der Waals surface area contributed by atoms with Crippen LogP contribution in [0.1, 0.15) is 29.6 Å². The Balaban J connectivity index is 1.71. The Morgan fingerprint density at radius 1 is 1.21 bits per heavy atom. The molecule has 0 radical (unpaired) electrons. The normalized spacial score (nSPS) is 17.2. The van der Waals surface area contributed by atoms with Gasteiger partial charge in [0.05, 0.1) is 29.0 Å². The molecule has 6 nitrogen and oxygen atoms in total. The number of hydrogen-bond acceptors (Lipinski definition) is 3. The Morgan fingerprint density at radius 3 is 2.71 bits per heavy atom. The lowest BCUT2D eigenvalue weighted by Gasteiger charge is -2.05. The summed E-state index contributed by atoms with van der Waals surface area (Å²) in [4.78, 5) is 19.3. The molecule has 6 heteroatoms. The number of para-hydroxylation sites is 1. The average Bonchev–Trinajstić information content (AvgIpc) is 3.28. The molecule has 1 amide bonds. The Bertz CT molecular complexity index is 894. The molecule has 0 spiro atoms.